The molecule has 0 fully saturated rings. The molecule has 3 heterocycles. The fourth-order valence-corrected chi connectivity index (χ4v) is 6.36. The van der Waals surface area contributed by atoms with Gasteiger partial charge in [-0.2, -0.15) is 0 Å². The van der Waals surface area contributed by atoms with Crippen molar-refractivity contribution in [3.8, 4) is 0 Å². The fraction of sp³-hybridized carbons (Fsp3) is 0.148. The van der Waals surface area contributed by atoms with Crippen LogP contribution in [0.1, 0.15) is 31.6 Å². The Morgan fingerprint density at radius 1 is 1.18 bits per heavy atom. The number of nitrogens with zero attached hydrogens (tertiary/aromatic N) is 2. The summed E-state index contributed by atoms with van der Waals surface area (Å²) in [4.78, 5) is 37.2. The number of Topliss-reactive ketones (excluding diaryl/α,β-unsaturated/α-hetero) is 1. The molecule has 0 bridgehead atoms. The second-order valence-electron chi connectivity index (χ2n) is 8.08. The zero-order valence-electron chi connectivity index (χ0n) is 18.9. The lowest BCUT2D eigenvalue weighted by molar-refractivity contribution is 0.0991. The van der Waals surface area contributed by atoms with E-state index in [4.69, 9.17) is 4.98 Å². The number of aryl methyl sites for hydroxylation is 2. The number of para-hydroxylation sites is 1. The molecule has 0 unspecified atom stereocenters. The van der Waals surface area contributed by atoms with Crippen molar-refractivity contribution in [3.63, 3.8) is 0 Å². The molecular weight excluding hydrogens is 462 g/mol. The van der Waals surface area contributed by atoms with Gasteiger partial charge >= 0.3 is 0 Å². The van der Waals surface area contributed by atoms with Crippen LogP contribution in [0.25, 0.3) is 21.1 Å². The van der Waals surface area contributed by atoms with Gasteiger partial charge in [0.2, 0.25) is 0 Å². The van der Waals surface area contributed by atoms with Crippen LogP contribution < -0.4 is 5.56 Å². The highest BCUT2D eigenvalue weighted by molar-refractivity contribution is 8.00. The number of H-pyrrole nitrogens is 1. The number of carbonyl (C=O) groups is 1. The van der Waals surface area contributed by atoms with Crippen LogP contribution in [0.4, 0.5) is 0 Å². The first-order valence-corrected chi connectivity index (χ1v) is 12.6. The number of hydrogen-bond donors (Lipinski definition) is 1. The molecule has 5 rings (SSSR count). The average Bonchev–Trinajstić information content (AvgIpc) is 3.40. The van der Waals surface area contributed by atoms with Crippen molar-refractivity contribution in [1.82, 2.24) is 14.5 Å². The average molecular weight is 486 g/mol. The summed E-state index contributed by atoms with van der Waals surface area (Å²) < 4.78 is 1.62. The number of rotatable bonds is 7. The first-order chi connectivity index (χ1) is 16.5. The van der Waals surface area contributed by atoms with Gasteiger partial charge in [0.05, 0.1) is 5.39 Å². The Morgan fingerprint density at radius 3 is 2.68 bits per heavy atom. The van der Waals surface area contributed by atoms with Crippen molar-refractivity contribution >= 4 is 50.0 Å². The van der Waals surface area contributed by atoms with Gasteiger partial charge in [-0.3, -0.25) is 14.2 Å². The molecular formula is C27H23N3O2S2. The van der Waals surface area contributed by atoms with Crippen LogP contribution in [0, 0.1) is 13.8 Å². The molecule has 34 heavy (non-hydrogen) atoms. The number of carbonyl (C=O) groups excluding carboxylic acids is 1. The van der Waals surface area contributed by atoms with E-state index < -0.39 is 5.25 Å². The standard InChI is InChI=1S/C27H23N3O2S2/c1-4-14-30-26(32)22-16(2)17(3)33-25(22)29-27(30)34-24(18-10-6-5-7-11-18)23(31)20-15-28-21-13-9-8-12-19(20)21/h4-13,15,24,28H,1,14H2,2-3H3/t24-/m0/s1. The molecule has 1 atom stereocenters. The molecule has 170 valence electrons. The maximum Gasteiger partial charge on any atom is 0.263 e. The van der Waals surface area contributed by atoms with Crippen LogP contribution in [-0.4, -0.2) is 20.3 Å². The minimum Gasteiger partial charge on any atom is -0.360 e. The number of hydrogen-bond acceptors (Lipinski definition) is 5. The molecule has 5 aromatic rings. The third kappa shape index (κ3) is 3.81. The van der Waals surface area contributed by atoms with E-state index in [2.05, 4.69) is 11.6 Å². The van der Waals surface area contributed by atoms with Crippen molar-refractivity contribution in [2.24, 2.45) is 0 Å². The predicted octanol–water partition coefficient (Wildman–Crippen LogP) is 6.46. The molecule has 0 aliphatic heterocycles. The molecule has 2 aromatic carbocycles. The summed E-state index contributed by atoms with van der Waals surface area (Å²) in [5, 5.41) is 1.47. The van der Waals surface area contributed by atoms with Crippen molar-refractivity contribution in [1.29, 1.82) is 0 Å². The summed E-state index contributed by atoms with van der Waals surface area (Å²) in [5.74, 6) is -0.0355. The smallest absolute Gasteiger partial charge is 0.263 e. The van der Waals surface area contributed by atoms with Crippen molar-refractivity contribution in [2.75, 3.05) is 0 Å². The van der Waals surface area contributed by atoms with Gasteiger partial charge in [0.15, 0.2) is 10.9 Å². The third-order valence-electron chi connectivity index (χ3n) is 5.98. The number of fused-ring (bicyclic) bond motifs is 2. The maximum atomic E-state index is 13.9. The highest BCUT2D eigenvalue weighted by Gasteiger charge is 2.28. The topological polar surface area (TPSA) is 67.8 Å². The van der Waals surface area contributed by atoms with Gasteiger partial charge in [0.1, 0.15) is 10.1 Å². The third-order valence-corrected chi connectivity index (χ3v) is 8.33. The fourth-order valence-electron chi connectivity index (χ4n) is 4.11. The lowest BCUT2D eigenvalue weighted by atomic mass is 10.0. The summed E-state index contributed by atoms with van der Waals surface area (Å²) in [5.41, 5.74) is 3.26. The minimum absolute atomic E-state index is 0.0355. The molecule has 0 amide bonds. The van der Waals surface area contributed by atoms with Crippen LogP contribution in [0.5, 0.6) is 0 Å². The van der Waals surface area contributed by atoms with E-state index in [1.54, 1.807) is 16.8 Å². The number of thioether (sulfide) groups is 1. The van der Waals surface area contributed by atoms with E-state index in [-0.39, 0.29) is 11.3 Å². The van der Waals surface area contributed by atoms with Crippen LogP contribution in [0.2, 0.25) is 0 Å². The first-order valence-electron chi connectivity index (χ1n) is 10.9. The second-order valence-corrected chi connectivity index (χ2v) is 10.4. The van der Waals surface area contributed by atoms with Crippen LogP contribution in [0.15, 0.2) is 83.4 Å². The van der Waals surface area contributed by atoms with Gasteiger partial charge in [-0.1, -0.05) is 66.4 Å². The molecule has 0 saturated heterocycles. The molecule has 0 aliphatic carbocycles. The van der Waals surface area contributed by atoms with Crippen molar-refractivity contribution in [2.45, 2.75) is 30.8 Å². The molecule has 0 aliphatic rings. The zero-order chi connectivity index (χ0) is 23.8. The number of allylic oxidation sites excluding steroid dienone is 1. The number of benzene rings is 2. The van der Waals surface area contributed by atoms with E-state index in [0.29, 0.717) is 27.5 Å². The highest BCUT2D eigenvalue weighted by Crippen LogP contribution is 2.39. The summed E-state index contributed by atoms with van der Waals surface area (Å²) in [6.45, 7) is 8.10. The number of ketones is 1. The Labute approximate surface area is 205 Å². The summed E-state index contributed by atoms with van der Waals surface area (Å²) >= 11 is 2.83. The summed E-state index contributed by atoms with van der Waals surface area (Å²) in [6.07, 6.45) is 3.45. The van der Waals surface area contributed by atoms with Gasteiger partial charge in [0.25, 0.3) is 5.56 Å². The zero-order valence-corrected chi connectivity index (χ0v) is 20.5. The van der Waals surface area contributed by atoms with Gasteiger partial charge in [0, 0.05) is 34.1 Å². The van der Waals surface area contributed by atoms with Crippen molar-refractivity contribution < 1.29 is 4.79 Å². The first kappa shape index (κ1) is 22.4. The number of aromatic amines is 1. The van der Waals surface area contributed by atoms with E-state index in [9.17, 15) is 9.59 Å². The van der Waals surface area contributed by atoms with Crippen LogP contribution >= 0.6 is 23.1 Å². The van der Waals surface area contributed by atoms with Crippen LogP contribution in [-0.2, 0) is 6.54 Å². The Bertz CT molecular complexity index is 1600. The van der Waals surface area contributed by atoms with Gasteiger partial charge in [-0.15, -0.1) is 17.9 Å². The molecule has 0 saturated carbocycles. The molecule has 5 nitrogen and oxygen atoms in total. The summed E-state index contributed by atoms with van der Waals surface area (Å²) in [6, 6.07) is 17.4. The maximum absolute atomic E-state index is 13.9. The number of aromatic nitrogens is 3. The monoisotopic (exact) mass is 485 g/mol. The molecule has 1 N–H and O–H groups in total. The van der Waals surface area contributed by atoms with E-state index in [1.807, 2.05) is 68.4 Å². The largest absolute Gasteiger partial charge is 0.360 e. The highest BCUT2D eigenvalue weighted by atomic mass is 32.2. The second kappa shape index (κ2) is 9.08. The number of nitrogens with one attached hydrogen (secondary N) is 1. The lowest BCUT2D eigenvalue weighted by Gasteiger charge is -2.18. The molecule has 0 spiro atoms. The molecule has 0 radical (unpaired) electrons. The SMILES string of the molecule is C=CCn1c(S[C@H](C(=O)c2c[nH]c3ccccc23)c2ccccc2)nc2sc(C)c(C)c2c1=O. The Balaban J connectivity index is 1.67. The van der Waals surface area contributed by atoms with Gasteiger partial charge in [-0.05, 0) is 31.0 Å². The van der Waals surface area contributed by atoms with Gasteiger partial charge < -0.3 is 4.98 Å². The summed E-state index contributed by atoms with van der Waals surface area (Å²) in [7, 11) is 0. The van der Waals surface area contributed by atoms with E-state index in [1.165, 1.54) is 23.1 Å². The number of thiophene rings is 1. The Hall–Kier alpha value is -3.42. The van der Waals surface area contributed by atoms with Crippen molar-refractivity contribution in [3.05, 3.63) is 105 Å². The molecule has 3 aromatic heterocycles. The Morgan fingerprint density at radius 2 is 1.91 bits per heavy atom. The molecule has 7 heteroatoms. The lowest BCUT2D eigenvalue weighted by Crippen LogP contribution is -2.23. The van der Waals surface area contributed by atoms with E-state index >= 15 is 0 Å². The predicted molar refractivity (Wildman–Crippen MR) is 141 cm³/mol. The Kier molecular flexibility index (Phi) is 5.98. The minimum atomic E-state index is -0.567. The van der Waals surface area contributed by atoms with Gasteiger partial charge in [-0.25, -0.2) is 4.98 Å². The van der Waals surface area contributed by atoms with Crippen LogP contribution in [0.3, 0.4) is 0 Å². The van der Waals surface area contributed by atoms with E-state index in [0.717, 1.165) is 26.9 Å². The quantitative estimate of drug-likeness (QED) is 0.124. The normalized spacial score (nSPS) is 12.3.